The number of fused-ring (bicyclic) bond motifs is 1. The third-order valence-electron chi connectivity index (χ3n) is 4.59. The molecule has 0 aliphatic heterocycles. The molecule has 34 heavy (non-hydrogen) atoms. The van der Waals surface area contributed by atoms with Crippen molar-refractivity contribution < 1.29 is 36.6 Å². The second kappa shape index (κ2) is 10.6. The van der Waals surface area contributed by atoms with Gasteiger partial charge in [-0.2, -0.15) is 26.3 Å². The minimum atomic E-state index is -4.39. The standard InChI is InChI=1S/C17H12F3NO.C6H7F3N2.H2O/c1-11-7-8-15(14-6-3-9-21-16(11)14)22-13-5-2-4-12(10-13)17(18,19)20;1-5-10-2-3-11(5)4-6(7,8)9;/h2-10H,1H3;2-3H,4H2,1H3;1H2. The molecule has 0 saturated carbocycles. The number of imidazole rings is 1. The average Bonchev–Trinajstić information content (AvgIpc) is 3.13. The van der Waals surface area contributed by atoms with Crippen molar-refractivity contribution in [3.05, 3.63) is 84.1 Å². The monoisotopic (exact) mass is 485 g/mol. The minimum Gasteiger partial charge on any atom is -0.457 e. The van der Waals surface area contributed by atoms with Crippen LogP contribution in [0.25, 0.3) is 10.9 Å². The predicted octanol–water partition coefficient (Wildman–Crippen LogP) is 6.28. The molecule has 0 amide bonds. The van der Waals surface area contributed by atoms with Crippen molar-refractivity contribution in [1.29, 1.82) is 0 Å². The Morgan fingerprint density at radius 3 is 2.24 bits per heavy atom. The molecule has 0 fully saturated rings. The van der Waals surface area contributed by atoms with E-state index in [0.29, 0.717) is 11.6 Å². The highest BCUT2D eigenvalue weighted by atomic mass is 19.4. The molecule has 0 bridgehead atoms. The fourth-order valence-electron chi connectivity index (χ4n) is 3.00. The highest BCUT2D eigenvalue weighted by Gasteiger charge is 2.30. The molecule has 0 atom stereocenters. The summed E-state index contributed by atoms with van der Waals surface area (Å²) in [5.41, 5.74) is 1.01. The number of pyridine rings is 1. The van der Waals surface area contributed by atoms with E-state index in [2.05, 4.69) is 9.97 Å². The lowest BCUT2D eigenvalue weighted by Crippen LogP contribution is -2.17. The van der Waals surface area contributed by atoms with Gasteiger partial charge < -0.3 is 14.8 Å². The van der Waals surface area contributed by atoms with Gasteiger partial charge in [0.1, 0.15) is 23.9 Å². The van der Waals surface area contributed by atoms with Crippen LogP contribution in [0.5, 0.6) is 11.5 Å². The lowest BCUT2D eigenvalue weighted by atomic mass is 10.1. The molecule has 11 heteroatoms. The van der Waals surface area contributed by atoms with Crippen molar-refractivity contribution in [2.45, 2.75) is 32.7 Å². The van der Waals surface area contributed by atoms with E-state index in [4.69, 9.17) is 4.74 Å². The summed E-state index contributed by atoms with van der Waals surface area (Å²) in [6.45, 7) is 2.49. The van der Waals surface area contributed by atoms with Gasteiger partial charge in [-0.05, 0) is 55.8 Å². The largest absolute Gasteiger partial charge is 0.457 e. The van der Waals surface area contributed by atoms with Crippen molar-refractivity contribution in [3.63, 3.8) is 0 Å². The first kappa shape index (κ1) is 26.7. The second-order valence-electron chi connectivity index (χ2n) is 7.13. The lowest BCUT2D eigenvalue weighted by molar-refractivity contribution is -0.141. The van der Waals surface area contributed by atoms with E-state index in [-0.39, 0.29) is 11.2 Å². The van der Waals surface area contributed by atoms with Gasteiger partial charge in [0.05, 0.1) is 11.1 Å². The Kier molecular flexibility index (Phi) is 8.27. The molecule has 0 radical (unpaired) electrons. The summed E-state index contributed by atoms with van der Waals surface area (Å²) in [4.78, 5) is 7.94. The van der Waals surface area contributed by atoms with Crippen LogP contribution in [-0.2, 0) is 12.7 Å². The number of hydrogen-bond acceptors (Lipinski definition) is 3. The number of aromatic nitrogens is 3. The van der Waals surface area contributed by atoms with E-state index in [1.807, 2.05) is 19.1 Å². The Morgan fingerprint density at radius 1 is 0.882 bits per heavy atom. The lowest BCUT2D eigenvalue weighted by Gasteiger charge is -2.12. The number of nitrogens with zero attached hydrogens (tertiary/aromatic N) is 3. The van der Waals surface area contributed by atoms with Crippen LogP contribution in [0, 0.1) is 13.8 Å². The minimum absolute atomic E-state index is 0. The number of aryl methyl sites for hydroxylation is 2. The Labute approximate surface area is 191 Å². The van der Waals surface area contributed by atoms with Gasteiger partial charge in [-0.15, -0.1) is 0 Å². The van der Waals surface area contributed by atoms with Gasteiger partial charge in [-0.25, -0.2) is 4.98 Å². The van der Waals surface area contributed by atoms with Crippen molar-refractivity contribution >= 4 is 10.9 Å². The van der Waals surface area contributed by atoms with Gasteiger partial charge in [0.25, 0.3) is 0 Å². The van der Waals surface area contributed by atoms with Crippen LogP contribution in [-0.4, -0.2) is 26.2 Å². The highest BCUT2D eigenvalue weighted by Crippen LogP contribution is 2.35. The summed E-state index contributed by atoms with van der Waals surface area (Å²) in [6, 6.07) is 12.0. The molecule has 0 aliphatic rings. The Bertz CT molecular complexity index is 1240. The van der Waals surface area contributed by atoms with E-state index in [0.717, 1.165) is 33.2 Å². The third-order valence-corrected chi connectivity index (χ3v) is 4.59. The zero-order valence-electron chi connectivity index (χ0n) is 18.1. The van der Waals surface area contributed by atoms with E-state index >= 15 is 0 Å². The molecule has 182 valence electrons. The van der Waals surface area contributed by atoms with Gasteiger partial charge in [0.2, 0.25) is 0 Å². The molecule has 2 N–H and O–H groups in total. The molecule has 2 heterocycles. The summed E-state index contributed by atoms with van der Waals surface area (Å²) in [5, 5.41) is 0.764. The maximum Gasteiger partial charge on any atom is 0.416 e. The zero-order valence-corrected chi connectivity index (χ0v) is 18.1. The Hall–Kier alpha value is -3.60. The summed E-state index contributed by atoms with van der Waals surface area (Å²) >= 11 is 0. The molecule has 2 aromatic carbocycles. The van der Waals surface area contributed by atoms with E-state index in [1.54, 1.807) is 18.3 Å². The van der Waals surface area contributed by atoms with Crippen molar-refractivity contribution in [1.82, 2.24) is 14.5 Å². The summed E-state index contributed by atoms with van der Waals surface area (Å²) in [5.74, 6) is 0.999. The first-order valence-corrected chi connectivity index (χ1v) is 9.68. The summed E-state index contributed by atoms with van der Waals surface area (Å²) in [6.07, 6.45) is -4.23. The molecular weight excluding hydrogens is 464 g/mol. The van der Waals surface area contributed by atoms with Crippen LogP contribution in [0.1, 0.15) is 17.0 Å². The van der Waals surface area contributed by atoms with Crippen molar-refractivity contribution in [2.24, 2.45) is 0 Å². The van der Waals surface area contributed by atoms with Crippen molar-refractivity contribution in [3.8, 4) is 11.5 Å². The first-order chi connectivity index (χ1) is 15.4. The molecule has 0 aliphatic carbocycles. The molecule has 2 aromatic heterocycles. The molecule has 0 unspecified atom stereocenters. The summed E-state index contributed by atoms with van der Waals surface area (Å²) < 4.78 is 80.2. The van der Waals surface area contributed by atoms with Gasteiger partial charge in [-0.3, -0.25) is 4.98 Å². The van der Waals surface area contributed by atoms with Gasteiger partial charge in [0.15, 0.2) is 0 Å². The number of alkyl halides is 6. The van der Waals surface area contributed by atoms with E-state index < -0.39 is 24.5 Å². The third kappa shape index (κ3) is 6.95. The Morgan fingerprint density at radius 2 is 1.62 bits per heavy atom. The number of benzene rings is 2. The molecular formula is C23H21F6N3O2. The van der Waals surface area contributed by atoms with Gasteiger partial charge in [0, 0.05) is 24.0 Å². The smallest absolute Gasteiger partial charge is 0.416 e. The van der Waals surface area contributed by atoms with Gasteiger partial charge in [-0.1, -0.05) is 12.1 Å². The quantitative estimate of drug-likeness (QED) is 0.321. The van der Waals surface area contributed by atoms with Crippen LogP contribution >= 0.6 is 0 Å². The Balaban J connectivity index is 0.000000289. The molecule has 0 saturated heterocycles. The van der Waals surface area contributed by atoms with Crippen LogP contribution in [0.3, 0.4) is 0 Å². The normalized spacial score (nSPS) is 11.4. The number of rotatable bonds is 3. The second-order valence-corrected chi connectivity index (χ2v) is 7.13. The molecule has 4 aromatic rings. The predicted molar refractivity (Wildman–Crippen MR) is 115 cm³/mol. The van der Waals surface area contributed by atoms with Crippen LogP contribution in [0.15, 0.2) is 67.1 Å². The zero-order chi connectivity index (χ0) is 24.2. The SMILES string of the molecule is Cc1ccc(Oc2cccc(C(F)(F)F)c2)c2cccnc12.Cc1nccn1CC(F)(F)F.O. The van der Waals surface area contributed by atoms with E-state index in [9.17, 15) is 26.3 Å². The first-order valence-electron chi connectivity index (χ1n) is 9.68. The molecule has 4 rings (SSSR count). The van der Waals surface area contributed by atoms with Crippen molar-refractivity contribution in [2.75, 3.05) is 0 Å². The maximum absolute atomic E-state index is 12.7. The fourth-order valence-corrected chi connectivity index (χ4v) is 3.00. The molecule has 0 spiro atoms. The number of ether oxygens (including phenoxy) is 1. The maximum atomic E-state index is 12.7. The molecule has 5 nitrogen and oxygen atoms in total. The topological polar surface area (TPSA) is 71.4 Å². The highest BCUT2D eigenvalue weighted by molar-refractivity contribution is 5.87. The number of hydrogen-bond donors (Lipinski definition) is 0. The van der Waals surface area contributed by atoms with E-state index in [1.165, 1.54) is 31.5 Å². The summed E-state index contributed by atoms with van der Waals surface area (Å²) in [7, 11) is 0. The van der Waals surface area contributed by atoms with Gasteiger partial charge >= 0.3 is 12.4 Å². The van der Waals surface area contributed by atoms with Crippen LogP contribution in [0.2, 0.25) is 0 Å². The van der Waals surface area contributed by atoms with Crippen LogP contribution in [0.4, 0.5) is 26.3 Å². The average molecular weight is 485 g/mol. The fraction of sp³-hybridized carbons (Fsp3) is 0.217. The number of halogens is 6. The van der Waals surface area contributed by atoms with Crippen LogP contribution < -0.4 is 4.74 Å².